The van der Waals surface area contributed by atoms with Crippen molar-refractivity contribution in [1.29, 1.82) is 5.26 Å². The molecule has 0 spiro atoms. The van der Waals surface area contributed by atoms with Crippen LogP contribution in [-0.4, -0.2) is 61.4 Å². The van der Waals surface area contributed by atoms with Crippen LogP contribution in [0.25, 0.3) is 0 Å². The number of unbranched alkanes of at least 4 members (excludes halogenated alkanes) is 1. The molecule has 2 aliphatic rings. The lowest BCUT2D eigenvalue weighted by Crippen LogP contribution is -2.47. The molecule has 1 amide bonds. The SMILES string of the molecule is N#CCCCN1CC[C@@H](CNC(=O)c2cc(Cl)cc3c2OCCO3)[C@H](O)C1. The zero-order valence-corrected chi connectivity index (χ0v) is 15.9. The number of aliphatic hydroxyl groups excluding tert-OH is 1. The molecule has 2 N–H and O–H groups in total. The van der Waals surface area contributed by atoms with Crippen LogP contribution >= 0.6 is 11.6 Å². The highest BCUT2D eigenvalue weighted by atomic mass is 35.5. The van der Waals surface area contributed by atoms with Gasteiger partial charge in [-0.3, -0.25) is 4.79 Å². The first-order valence-electron chi connectivity index (χ1n) is 9.23. The normalized spacial score (nSPS) is 22.1. The molecule has 1 aromatic rings. The van der Waals surface area contributed by atoms with Crippen molar-refractivity contribution in [3.63, 3.8) is 0 Å². The number of nitriles is 1. The molecule has 27 heavy (non-hydrogen) atoms. The minimum absolute atomic E-state index is 0.00616. The van der Waals surface area contributed by atoms with E-state index in [4.69, 9.17) is 26.3 Å². The van der Waals surface area contributed by atoms with Crippen molar-refractivity contribution >= 4 is 17.5 Å². The maximum atomic E-state index is 12.6. The van der Waals surface area contributed by atoms with Gasteiger partial charge in [-0.2, -0.15) is 5.26 Å². The van der Waals surface area contributed by atoms with E-state index >= 15 is 0 Å². The van der Waals surface area contributed by atoms with Crippen molar-refractivity contribution < 1.29 is 19.4 Å². The number of hydrogen-bond donors (Lipinski definition) is 2. The number of hydrogen-bond acceptors (Lipinski definition) is 6. The number of rotatable bonds is 6. The van der Waals surface area contributed by atoms with E-state index in [0.717, 1.165) is 25.9 Å². The molecular weight excluding hydrogens is 370 g/mol. The largest absolute Gasteiger partial charge is 0.486 e. The lowest BCUT2D eigenvalue weighted by molar-refractivity contribution is 0.0219. The van der Waals surface area contributed by atoms with Crippen LogP contribution in [0, 0.1) is 17.2 Å². The van der Waals surface area contributed by atoms with Gasteiger partial charge in [-0.15, -0.1) is 0 Å². The molecule has 0 bridgehead atoms. The Morgan fingerprint density at radius 1 is 1.41 bits per heavy atom. The summed E-state index contributed by atoms with van der Waals surface area (Å²) in [5, 5.41) is 22.3. The van der Waals surface area contributed by atoms with Gasteiger partial charge in [0.05, 0.1) is 17.7 Å². The predicted molar refractivity (Wildman–Crippen MR) is 100 cm³/mol. The Kier molecular flexibility index (Phi) is 6.78. The number of likely N-dealkylation sites (tertiary alicyclic amines) is 1. The summed E-state index contributed by atoms with van der Waals surface area (Å²) in [4.78, 5) is 14.8. The molecule has 2 atom stereocenters. The van der Waals surface area contributed by atoms with Gasteiger partial charge in [0.25, 0.3) is 5.91 Å². The van der Waals surface area contributed by atoms with Crippen molar-refractivity contribution in [3.05, 3.63) is 22.7 Å². The Labute approximate surface area is 163 Å². The molecule has 3 rings (SSSR count). The van der Waals surface area contributed by atoms with Gasteiger partial charge >= 0.3 is 0 Å². The second kappa shape index (κ2) is 9.27. The van der Waals surface area contributed by atoms with Crippen LogP contribution in [0.5, 0.6) is 11.5 Å². The summed E-state index contributed by atoms with van der Waals surface area (Å²) in [6, 6.07) is 5.34. The third-order valence-corrected chi connectivity index (χ3v) is 5.16. The summed E-state index contributed by atoms with van der Waals surface area (Å²) in [6.45, 7) is 3.43. The minimum Gasteiger partial charge on any atom is -0.486 e. The molecule has 0 aromatic heterocycles. The number of fused-ring (bicyclic) bond motifs is 1. The minimum atomic E-state index is -0.506. The lowest BCUT2D eigenvalue weighted by atomic mass is 9.93. The molecule has 2 aliphatic heterocycles. The summed E-state index contributed by atoms with van der Waals surface area (Å²) < 4.78 is 11.1. The summed E-state index contributed by atoms with van der Waals surface area (Å²) in [6.07, 6.45) is 1.63. The fourth-order valence-electron chi connectivity index (χ4n) is 3.48. The monoisotopic (exact) mass is 393 g/mol. The van der Waals surface area contributed by atoms with Gasteiger partial charge in [-0.1, -0.05) is 11.6 Å². The van der Waals surface area contributed by atoms with E-state index in [1.165, 1.54) is 0 Å². The molecule has 0 radical (unpaired) electrons. The zero-order valence-electron chi connectivity index (χ0n) is 15.1. The topological polar surface area (TPSA) is 94.8 Å². The Balaban J connectivity index is 1.54. The van der Waals surface area contributed by atoms with E-state index in [-0.39, 0.29) is 11.8 Å². The number of carbonyl (C=O) groups excluding carboxylic acids is 1. The highest BCUT2D eigenvalue weighted by Crippen LogP contribution is 2.36. The third-order valence-electron chi connectivity index (χ3n) is 4.94. The number of nitrogens with zero attached hydrogens (tertiary/aromatic N) is 2. The van der Waals surface area contributed by atoms with Gasteiger partial charge in [-0.05, 0) is 32.0 Å². The van der Waals surface area contributed by atoms with Crippen LogP contribution in [0.15, 0.2) is 12.1 Å². The Morgan fingerprint density at radius 2 is 2.22 bits per heavy atom. The number of halogens is 1. The van der Waals surface area contributed by atoms with Gasteiger partial charge in [0.15, 0.2) is 11.5 Å². The van der Waals surface area contributed by atoms with E-state index in [1.807, 2.05) is 0 Å². The number of ether oxygens (including phenoxy) is 2. The molecule has 0 saturated carbocycles. The summed E-state index contributed by atoms with van der Waals surface area (Å²) in [5.41, 5.74) is 0.348. The van der Waals surface area contributed by atoms with E-state index < -0.39 is 6.10 Å². The molecule has 1 fully saturated rings. The first-order chi connectivity index (χ1) is 13.1. The van der Waals surface area contributed by atoms with E-state index in [2.05, 4.69) is 16.3 Å². The zero-order chi connectivity index (χ0) is 19.2. The van der Waals surface area contributed by atoms with Crippen LogP contribution < -0.4 is 14.8 Å². The van der Waals surface area contributed by atoms with Gasteiger partial charge in [-0.25, -0.2) is 0 Å². The molecule has 2 heterocycles. The molecule has 1 aromatic carbocycles. The molecule has 7 nitrogen and oxygen atoms in total. The summed E-state index contributed by atoms with van der Waals surface area (Å²) in [5.74, 6) is 0.594. The van der Waals surface area contributed by atoms with Crippen molar-refractivity contribution in [3.8, 4) is 17.6 Å². The molecule has 1 saturated heterocycles. The van der Waals surface area contributed by atoms with Gasteiger partial charge in [0, 0.05) is 36.5 Å². The van der Waals surface area contributed by atoms with Crippen LogP contribution in [-0.2, 0) is 0 Å². The van der Waals surface area contributed by atoms with Gasteiger partial charge < -0.3 is 24.8 Å². The Hall–Kier alpha value is -2.01. The second-order valence-corrected chi connectivity index (χ2v) is 7.30. The van der Waals surface area contributed by atoms with E-state index in [9.17, 15) is 9.90 Å². The number of benzene rings is 1. The number of carbonyl (C=O) groups is 1. The standard InChI is InChI=1S/C19H24ClN3O4/c20-14-9-15(18-17(10-14)26-7-8-27-18)19(25)22-11-13-3-6-23(12-16(13)24)5-2-1-4-21/h9-10,13,16,24H,1-3,5-8,11-12H2,(H,22,25)/t13-,16+/m0/s1. The van der Waals surface area contributed by atoms with E-state index in [1.54, 1.807) is 12.1 Å². The Morgan fingerprint density at radius 3 is 3.00 bits per heavy atom. The molecule has 0 aliphatic carbocycles. The maximum Gasteiger partial charge on any atom is 0.255 e. The van der Waals surface area contributed by atoms with Crippen molar-refractivity contribution in [2.75, 3.05) is 39.4 Å². The van der Waals surface area contributed by atoms with Gasteiger partial charge in [0.1, 0.15) is 13.2 Å². The van der Waals surface area contributed by atoms with Crippen molar-refractivity contribution in [1.82, 2.24) is 10.2 Å². The Bertz CT molecular complexity index is 722. The molecule has 0 unspecified atom stereocenters. The average molecular weight is 394 g/mol. The fraction of sp³-hybridized carbons (Fsp3) is 0.579. The summed E-state index contributed by atoms with van der Waals surface area (Å²) in [7, 11) is 0. The molecule has 146 valence electrons. The van der Waals surface area contributed by atoms with Crippen molar-refractivity contribution in [2.24, 2.45) is 5.92 Å². The van der Waals surface area contributed by atoms with Crippen LogP contribution in [0.1, 0.15) is 29.6 Å². The average Bonchev–Trinajstić information content (AvgIpc) is 2.66. The third kappa shape index (κ3) is 5.04. The fourth-order valence-corrected chi connectivity index (χ4v) is 3.68. The smallest absolute Gasteiger partial charge is 0.255 e. The number of amides is 1. The highest BCUT2D eigenvalue weighted by Gasteiger charge is 2.28. The van der Waals surface area contributed by atoms with Crippen molar-refractivity contribution in [2.45, 2.75) is 25.4 Å². The molecular formula is C19H24ClN3O4. The second-order valence-electron chi connectivity index (χ2n) is 6.87. The maximum absolute atomic E-state index is 12.6. The van der Waals surface area contributed by atoms with Crippen LogP contribution in [0.2, 0.25) is 5.02 Å². The van der Waals surface area contributed by atoms with Gasteiger partial charge in [0.2, 0.25) is 0 Å². The first-order valence-corrected chi connectivity index (χ1v) is 9.61. The highest BCUT2D eigenvalue weighted by molar-refractivity contribution is 6.31. The summed E-state index contributed by atoms with van der Waals surface area (Å²) >= 11 is 6.08. The quantitative estimate of drug-likeness (QED) is 0.716. The molecule has 8 heteroatoms. The lowest BCUT2D eigenvalue weighted by Gasteiger charge is -2.36. The first kappa shape index (κ1) is 19.7. The van der Waals surface area contributed by atoms with Crippen LogP contribution in [0.4, 0.5) is 0 Å². The number of aliphatic hydroxyl groups is 1. The number of β-amino-alcohol motifs (C(OH)–C–C–N with tert-alkyl or cyclic N) is 1. The predicted octanol–water partition coefficient (Wildman–Crippen LogP) is 1.83. The van der Waals surface area contributed by atoms with E-state index in [0.29, 0.717) is 54.8 Å². The number of nitrogens with one attached hydrogen (secondary N) is 1. The number of piperidine rings is 1. The van der Waals surface area contributed by atoms with Crippen LogP contribution in [0.3, 0.4) is 0 Å².